The molecule has 0 amide bonds. The van der Waals surface area contributed by atoms with Gasteiger partial charge in [-0.05, 0) is 13.0 Å². The number of nitrogens with zero attached hydrogens (tertiary/aromatic N) is 2. The van der Waals surface area contributed by atoms with Crippen LogP contribution >= 0.6 is 0 Å². The van der Waals surface area contributed by atoms with Crippen LogP contribution in [-0.2, 0) is 0 Å². The molecule has 3 nitrogen and oxygen atoms in total. The summed E-state index contributed by atoms with van der Waals surface area (Å²) >= 11 is 0. The fraction of sp³-hybridized carbons (Fsp3) is 0.111. The third kappa shape index (κ3) is 2.92. The van der Waals surface area contributed by atoms with Gasteiger partial charge in [0.1, 0.15) is 5.82 Å². The average Bonchev–Trinajstić information content (AvgIpc) is 2.55. The largest absolute Gasteiger partial charge is 0.373 e. The lowest BCUT2D eigenvalue weighted by atomic mass is 10.1. The van der Waals surface area contributed by atoms with Gasteiger partial charge in [0.25, 0.3) is 0 Å². The number of aryl methyl sites for hydroxylation is 1. The second kappa shape index (κ2) is 5.75. The Hall–Kier alpha value is -2.68. The molecule has 3 heteroatoms. The molecule has 0 bridgehead atoms. The summed E-state index contributed by atoms with van der Waals surface area (Å²) < 4.78 is 0. The lowest BCUT2D eigenvalue weighted by Gasteiger charge is -2.08. The Kier molecular flexibility index (Phi) is 3.65. The maximum absolute atomic E-state index is 4.71. The zero-order chi connectivity index (χ0) is 14.7. The third-order valence-corrected chi connectivity index (χ3v) is 3.33. The van der Waals surface area contributed by atoms with Gasteiger partial charge in [-0.3, -0.25) is 0 Å². The van der Waals surface area contributed by atoms with Crippen LogP contribution in [0.5, 0.6) is 0 Å². The second-order valence-corrected chi connectivity index (χ2v) is 4.95. The molecule has 1 heterocycles. The standard InChI is InChI=1S/C18H17N3/c1-13-7-6-10-15(11-13)18-20-16(12-17(19-2)21-18)14-8-4-3-5-9-14/h3-12H,1-2H3,(H,19,20,21). The Balaban J connectivity index is 2.14. The highest BCUT2D eigenvalue weighted by Crippen LogP contribution is 2.24. The quantitative estimate of drug-likeness (QED) is 0.780. The van der Waals surface area contributed by atoms with Crippen LogP contribution in [-0.4, -0.2) is 17.0 Å². The van der Waals surface area contributed by atoms with Gasteiger partial charge in [0, 0.05) is 24.2 Å². The van der Waals surface area contributed by atoms with Gasteiger partial charge in [0.05, 0.1) is 5.69 Å². The van der Waals surface area contributed by atoms with Gasteiger partial charge in [0.15, 0.2) is 5.82 Å². The monoisotopic (exact) mass is 275 g/mol. The van der Waals surface area contributed by atoms with E-state index in [-0.39, 0.29) is 0 Å². The van der Waals surface area contributed by atoms with Crippen molar-refractivity contribution in [2.45, 2.75) is 6.92 Å². The van der Waals surface area contributed by atoms with E-state index in [1.54, 1.807) is 0 Å². The summed E-state index contributed by atoms with van der Waals surface area (Å²) in [6.45, 7) is 2.07. The van der Waals surface area contributed by atoms with Crippen molar-refractivity contribution in [1.82, 2.24) is 9.97 Å². The lowest BCUT2D eigenvalue weighted by Crippen LogP contribution is -1.98. The molecule has 0 radical (unpaired) electrons. The summed E-state index contributed by atoms with van der Waals surface area (Å²) in [4.78, 5) is 9.28. The highest BCUT2D eigenvalue weighted by Gasteiger charge is 2.08. The summed E-state index contributed by atoms with van der Waals surface area (Å²) in [6, 6.07) is 20.4. The van der Waals surface area contributed by atoms with E-state index in [9.17, 15) is 0 Å². The number of rotatable bonds is 3. The van der Waals surface area contributed by atoms with Crippen molar-refractivity contribution in [2.24, 2.45) is 0 Å². The Morgan fingerprint density at radius 1 is 0.810 bits per heavy atom. The van der Waals surface area contributed by atoms with Crippen molar-refractivity contribution in [2.75, 3.05) is 12.4 Å². The summed E-state index contributed by atoms with van der Waals surface area (Å²) in [5.41, 5.74) is 4.24. The minimum Gasteiger partial charge on any atom is -0.373 e. The fourth-order valence-electron chi connectivity index (χ4n) is 2.25. The van der Waals surface area contributed by atoms with Crippen molar-refractivity contribution in [3.63, 3.8) is 0 Å². The normalized spacial score (nSPS) is 10.4. The first-order chi connectivity index (χ1) is 10.3. The average molecular weight is 275 g/mol. The SMILES string of the molecule is CNc1cc(-c2ccccc2)nc(-c2cccc(C)c2)n1. The van der Waals surface area contributed by atoms with Crippen molar-refractivity contribution in [3.05, 3.63) is 66.2 Å². The van der Waals surface area contributed by atoms with Crippen LogP contribution in [0.4, 0.5) is 5.82 Å². The first kappa shape index (κ1) is 13.3. The van der Waals surface area contributed by atoms with Crippen molar-refractivity contribution in [3.8, 4) is 22.6 Å². The Labute approximate surface area is 124 Å². The third-order valence-electron chi connectivity index (χ3n) is 3.33. The molecular weight excluding hydrogens is 258 g/mol. The molecule has 0 spiro atoms. The first-order valence-corrected chi connectivity index (χ1v) is 6.95. The molecule has 0 aliphatic rings. The van der Waals surface area contributed by atoms with E-state index in [1.165, 1.54) is 5.56 Å². The Bertz CT molecular complexity index is 751. The first-order valence-electron chi connectivity index (χ1n) is 6.95. The summed E-state index contributed by atoms with van der Waals surface area (Å²) in [6.07, 6.45) is 0. The van der Waals surface area contributed by atoms with E-state index in [0.29, 0.717) is 0 Å². The molecule has 0 atom stereocenters. The highest BCUT2D eigenvalue weighted by atomic mass is 15.0. The topological polar surface area (TPSA) is 37.8 Å². The van der Waals surface area contributed by atoms with Gasteiger partial charge in [-0.2, -0.15) is 0 Å². The summed E-state index contributed by atoms with van der Waals surface area (Å²) in [7, 11) is 1.87. The van der Waals surface area contributed by atoms with Gasteiger partial charge < -0.3 is 5.32 Å². The molecule has 0 aliphatic heterocycles. The van der Waals surface area contributed by atoms with Crippen molar-refractivity contribution >= 4 is 5.82 Å². The number of nitrogens with one attached hydrogen (secondary N) is 1. The molecule has 104 valence electrons. The van der Waals surface area contributed by atoms with E-state index >= 15 is 0 Å². The molecule has 3 aromatic rings. The molecule has 1 N–H and O–H groups in total. The zero-order valence-corrected chi connectivity index (χ0v) is 12.2. The van der Waals surface area contributed by atoms with Gasteiger partial charge in [-0.1, -0.05) is 54.1 Å². The molecule has 0 aliphatic carbocycles. The molecular formula is C18H17N3. The maximum atomic E-state index is 4.71. The number of benzene rings is 2. The molecule has 0 saturated carbocycles. The maximum Gasteiger partial charge on any atom is 0.162 e. The molecule has 0 saturated heterocycles. The van der Waals surface area contributed by atoms with E-state index in [2.05, 4.69) is 41.5 Å². The number of hydrogen-bond acceptors (Lipinski definition) is 3. The van der Waals surface area contributed by atoms with Crippen LogP contribution in [0.2, 0.25) is 0 Å². The van der Waals surface area contributed by atoms with Crippen LogP contribution in [0.1, 0.15) is 5.56 Å². The van der Waals surface area contributed by atoms with E-state index in [0.717, 1.165) is 28.5 Å². The molecule has 3 rings (SSSR count). The molecule has 2 aromatic carbocycles. The van der Waals surface area contributed by atoms with Crippen molar-refractivity contribution in [1.29, 1.82) is 0 Å². The predicted molar refractivity (Wildman–Crippen MR) is 87.2 cm³/mol. The van der Waals surface area contributed by atoms with Crippen LogP contribution in [0.15, 0.2) is 60.7 Å². The zero-order valence-electron chi connectivity index (χ0n) is 12.2. The lowest BCUT2D eigenvalue weighted by molar-refractivity contribution is 1.17. The van der Waals surface area contributed by atoms with Crippen LogP contribution in [0.3, 0.4) is 0 Å². The van der Waals surface area contributed by atoms with Crippen LogP contribution in [0.25, 0.3) is 22.6 Å². The minimum atomic E-state index is 0.740. The smallest absolute Gasteiger partial charge is 0.162 e. The Morgan fingerprint density at radius 3 is 2.29 bits per heavy atom. The molecule has 0 unspecified atom stereocenters. The number of hydrogen-bond donors (Lipinski definition) is 1. The summed E-state index contributed by atoms with van der Waals surface area (Å²) in [5.74, 6) is 1.56. The van der Waals surface area contributed by atoms with E-state index < -0.39 is 0 Å². The minimum absolute atomic E-state index is 0.740. The molecule has 21 heavy (non-hydrogen) atoms. The number of aromatic nitrogens is 2. The Morgan fingerprint density at radius 2 is 1.57 bits per heavy atom. The van der Waals surface area contributed by atoms with Crippen molar-refractivity contribution < 1.29 is 0 Å². The number of anilines is 1. The summed E-state index contributed by atoms with van der Waals surface area (Å²) in [5, 5.41) is 3.11. The van der Waals surface area contributed by atoms with E-state index in [1.807, 2.05) is 43.4 Å². The van der Waals surface area contributed by atoms with Gasteiger partial charge in [-0.25, -0.2) is 9.97 Å². The van der Waals surface area contributed by atoms with Gasteiger partial charge in [0.2, 0.25) is 0 Å². The van der Waals surface area contributed by atoms with Gasteiger partial charge >= 0.3 is 0 Å². The molecule has 1 aromatic heterocycles. The van der Waals surface area contributed by atoms with Crippen LogP contribution in [0, 0.1) is 6.92 Å². The predicted octanol–water partition coefficient (Wildman–Crippen LogP) is 4.16. The van der Waals surface area contributed by atoms with Crippen LogP contribution < -0.4 is 5.32 Å². The molecule has 0 fully saturated rings. The highest BCUT2D eigenvalue weighted by molar-refractivity contribution is 5.67. The second-order valence-electron chi connectivity index (χ2n) is 4.95. The van der Waals surface area contributed by atoms with Gasteiger partial charge in [-0.15, -0.1) is 0 Å². The van der Waals surface area contributed by atoms with E-state index in [4.69, 9.17) is 4.98 Å². The fourth-order valence-corrected chi connectivity index (χ4v) is 2.25.